The maximum atomic E-state index is 2.35. The second-order valence-electron chi connectivity index (χ2n) is 5.40. The molecule has 1 atom stereocenters. The van der Waals surface area contributed by atoms with E-state index in [-0.39, 0.29) is 9.90 Å². The maximum absolute atomic E-state index is 2.35. The summed E-state index contributed by atoms with van der Waals surface area (Å²) in [6, 6.07) is 18.1. The molecule has 2 aromatic rings. The van der Waals surface area contributed by atoms with E-state index in [1.165, 1.54) is 25.7 Å². The lowest BCUT2D eigenvalue weighted by Crippen LogP contribution is -2.20. The molecule has 2 aliphatic carbocycles. The third-order valence-corrected chi connectivity index (χ3v) is 4.71. The Kier molecular flexibility index (Phi) is 2.79. The molecule has 4 rings (SSSR count). The normalized spacial score (nSPS) is 18.2. The summed E-state index contributed by atoms with van der Waals surface area (Å²) in [6.45, 7) is 0. The predicted molar refractivity (Wildman–Crippen MR) is 81.4 cm³/mol. The lowest BCUT2D eigenvalue weighted by Gasteiger charge is -2.26. The quantitative estimate of drug-likeness (QED) is 0.625. The molecule has 0 bridgehead atoms. The molecular formula is C17H19P. The molecule has 0 amide bonds. The molecule has 2 aromatic carbocycles. The summed E-state index contributed by atoms with van der Waals surface area (Å²) in [5.41, 5.74) is 6.70. The summed E-state index contributed by atoms with van der Waals surface area (Å²) in [7, 11) is 0. The van der Waals surface area contributed by atoms with Gasteiger partial charge in [-0.05, 0) is 47.9 Å². The number of hydrogen-bond donors (Lipinski definition) is 0. The topological polar surface area (TPSA) is 0 Å². The molecule has 0 aliphatic heterocycles. The summed E-state index contributed by atoms with van der Waals surface area (Å²) >= 11 is 0. The first-order valence-corrected chi connectivity index (χ1v) is 6.57. The zero-order chi connectivity index (χ0) is 11.3. The second kappa shape index (κ2) is 4.21. The Bertz CT molecular complexity index is 532. The third-order valence-electron chi connectivity index (χ3n) is 4.71. The van der Waals surface area contributed by atoms with Gasteiger partial charge in [0.25, 0.3) is 0 Å². The lowest BCUT2D eigenvalue weighted by molar-refractivity contribution is 0.507. The van der Waals surface area contributed by atoms with E-state index in [2.05, 4.69) is 48.5 Å². The molecule has 0 aromatic heterocycles. The van der Waals surface area contributed by atoms with Gasteiger partial charge < -0.3 is 0 Å². The first-order valence-electron chi connectivity index (χ1n) is 6.57. The SMILES string of the molecule is P.c1ccc2c(c1)CCC21CCc2ccccc21. The van der Waals surface area contributed by atoms with Crippen LogP contribution in [-0.2, 0) is 18.3 Å². The van der Waals surface area contributed by atoms with Crippen LogP contribution in [0.25, 0.3) is 0 Å². The van der Waals surface area contributed by atoms with E-state index < -0.39 is 0 Å². The van der Waals surface area contributed by atoms with Crippen molar-refractivity contribution >= 4 is 9.90 Å². The van der Waals surface area contributed by atoms with Gasteiger partial charge >= 0.3 is 0 Å². The number of aryl methyl sites for hydroxylation is 2. The van der Waals surface area contributed by atoms with Crippen LogP contribution >= 0.6 is 9.90 Å². The van der Waals surface area contributed by atoms with E-state index in [4.69, 9.17) is 0 Å². The largest absolute Gasteiger partial charge is 0.153 e. The Balaban J connectivity index is 0.000001000. The van der Waals surface area contributed by atoms with Crippen LogP contribution in [0, 0.1) is 0 Å². The Hall–Kier alpha value is -1.13. The van der Waals surface area contributed by atoms with Crippen molar-refractivity contribution in [2.45, 2.75) is 31.1 Å². The van der Waals surface area contributed by atoms with Crippen molar-refractivity contribution in [1.29, 1.82) is 0 Å². The first-order chi connectivity index (χ1) is 8.40. The fourth-order valence-electron chi connectivity index (χ4n) is 3.92. The first kappa shape index (κ1) is 11.9. The second-order valence-corrected chi connectivity index (χ2v) is 5.40. The molecular weight excluding hydrogens is 235 g/mol. The van der Waals surface area contributed by atoms with Crippen LogP contribution in [0.4, 0.5) is 0 Å². The minimum absolute atomic E-state index is 0. The third kappa shape index (κ3) is 1.42. The van der Waals surface area contributed by atoms with Crippen molar-refractivity contribution < 1.29 is 0 Å². The van der Waals surface area contributed by atoms with Gasteiger partial charge in [-0.1, -0.05) is 48.5 Å². The van der Waals surface area contributed by atoms with Crippen molar-refractivity contribution in [1.82, 2.24) is 0 Å². The highest BCUT2D eigenvalue weighted by atomic mass is 31.0. The van der Waals surface area contributed by atoms with Gasteiger partial charge in [-0.15, -0.1) is 0 Å². The monoisotopic (exact) mass is 254 g/mol. The van der Waals surface area contributed by atoms with Gasteiger partial charge in [-0.3, -0.25) is 0 Å². The van der Waals surface area contributed by atoms with E-state index in [0.29, 0.717) is 5.41 Å². The van der Waals surface area contributed by atoms with Crippen LogP contribution in [0.2, 0.25) is 0 Å². The fourth-order valence-corrected chi connectivity index (χ4v) is 3.92. The smallest absolute Gasteiger partial charge is 0.0214 e. The molecule has 18 heavy (non-hydrogen) atoms. The van der Waals surface area contributed by atoms with Crippen LogP contribution in [0.1, 0.15) is 35.1 Å². The molecule has 1 heteroatoms. The summed E-state index contributed by atoms with van der Waals surface area (Å²) in [5, 5.41) is 0. The van der Waals surface area contributed by atoms with Gasteiger partial charge in [-0.25, -0.2) is 0 Å². The van der Waals surface area contributed by atoms with E-state index in [1.54, 1.807) is 22.3 Å². The Morgan fingerprint density at radius 3 is 1.61 bits per heavy atom. The summed E-state index contributed by atoms with van der Waals surface area (Å²) < 4.78 is 0. The van der Waals surface area contributed by atoms with Crippen molar-refractivity contribution in [2.24, 2.45) is 0 Å². The van der Waals surface area contributed by atoms with E-state index in [9.17, 15) is 0 Å². The van der Waals surface area contributed by atoms with E-state index >= 15 is 0 Å². The average molecular weight is 254 g/mol. The van der Waals surface area contributed by atoms with Crippen molar-refractivity contribution in [3.8, 4) is 0 Å². The van der Waals surface area contributed by atoms with Crippen molar-refractivity contribution in [3.63, 3.8) is 0 Å². The highest BCUT2D eigenvalue weighted by Crippen LogP contribution is 2.51. The van der Waals surface area contributed by atoms with E-state index in [0.717, 1.165) is 0 Å². The molecule has 0 saturated carbocycles. The fraction of sp³-hybridized carbons (Fsp3) is 0.294. The van der Waals surface area contributed by atoms with Crippen LogP contribution in [0.15, 0.2) is 48.5 Å². The molecule has 0 heterocycles. The number of rotatable bonds is 0. The highest BCUT2D eigenvalue weighted by molar-refractivity contribution is 6.92. The number of hydrogen-bond acceptors (Lipinski definition) is 0. The zero-order valence-electron chi connectivity index (χ0n) is 10.7. The van der Waals surface area contributed by atoms with Crippen LogP contribution in [-0.4, -0.2) is 0 Å². The molecule has 0 fully saturated rings. The molecule has 0 saturated heterocycles. The molecule has 0 nitrogen and oxygen atoms in total. The Labute approximate surface area is 112 Å². The minimum Gasteiger partial charge on any atom is -0.153 e. The molecule has 1 unspecified atom stereocenters. The van der Waals surface area contributed by atoms with E-state index in [1.807, 2.05) is 0 Å². The van der Waals surface area contributed by atoms with Crippen LogP contribution < -0.4 is 0 Å². The Morgan fingerprint density at radius 1 is 0.667 bits per heavy atom. The number of benzene rings is 2. The van der Waals surface area contributed by atoms with Crippen LogP contribution in [0.5, 0.6) is 0 Å². The predicted octanol–water partition coefficient (Wildman–Crippen LogP) is 3.92. The van der Waals surface area contributed by atoms with Gasteiger partial charge in [0, 0.05) is 5.41 Å². The summed E-state index contributed by atoms with van der Waals surface area (Å²) in [6.07, 6.45) is 5.13. The maximum Gasteiger partial charge on any atom is 0.0214 e. The molecule has 2 aliphatic rings. The molecule has 1 spiro atoms. The summed E-state index contributed by atoms with van der Waals surface area (Å²) in [4.78, 5) is 0. The highest BCUT2D eigenvalue weighted by Gasteiger charge is 2.43. The molecule has 0 N–H and O–H groups in total. The van der Waals surface area contributed by atoms with Crippen molar-refractivity contribution in [3.05, 3.63) is 70.8 Å². The van der Waals surface area contributed by atoms with Gasteiger partial charge in [0.05, 0.1) is 0 Å². The molecule has 92 valence electrons. The standard InChI is InChI=1S/C17H16.H3P/c1-3-7-15-13(5-1)9-11-17(15)12-10-14-6-2-4-8-16(14)17;/h1-8H,9-12H2;1H3. The lowest BCUT2D eigenvalue weighted by atomic mass is 9.77. The number of fused-ring (bicyclic) bond motifs is 4. The van der Waals surface area contributed by atoms with Gasteiger partial charge in [-0.2, -0.15) is 9.90 Å². The van der Waals surface area contributed by atoms with Gasteiger partial charge in [0.15, 0.2) is 0 Å². The minimum atomic E-state index is 0. The average Bonchev–Trinajstić information content (AvgIpc) is 2.95. The summed E-state index contributed by atoms with van der Waals surface area (Å²) in [5.74, 6) is 0. The van der Waals surface area contributed by atoms with Gasteiger partial charge in [0.1, 0.15) is 0 Å². The Morgan fingerprint density at radius 2 is 1.11 bits per heavy atom. The van der Waals surface area contributed by atoms with Gasteiger partial charge in [0.2, 0.25) is 0 Å². The van der Waals surface area contributed by atoms with Crippen molar-refractivity contribution in [2.75, 3.05) is 0 Å². The van der Waals surface area contributed by atoms with Crippen LogP contribution in [0.3, 0.4) is 0 Å². The molecule has 0 radical (unpaired) electrons. The zero-order valence-corrected chi connectivity index (χ0v) is 12.1.